The summed E-state index contributed by atoms with van der Waals surface area (Å²) in [6, 6.07) is 20.7. The Bertz CT molecular complexity index is 760. The van der Waals surface area contributed by atoms with Crippen LogP contribution < -0.4 is 9.80 Å². The van der Waals surface area contributed by atoms with Crippen LogP contribution in [0.1, 0.15) is 33.6 Å². The minimum absolute atomic E-state index is 0.242. The second-order valence-electron chi connectivity index (χ2n) is 9.27. The van der Waals surface area contributed by atoms with E-state index in [-0.39, 0.29) is 6.09 Å². The summed E-state index contributed by atoms with van der Waals surface area (Å²) in [6.45, 7) is 10.5. The molecule has 7 heteroatoms. The number of hydrogen-bond donors (Lipinski definition) is 2. The molecule has 0 spiro atoms. The summed E-state index contributed by atoms with van der Waals surface area (Å²) in [7, 11) is 0. The Kier molecular flexibility index (Phi) is 12.5. The zero-order valence-electron chi connectivity index (χ0n) is 20.9. The van der Waals surface area contributed by atoms with Crippen molar-refractivity contribution in [3.05, 3.63) is 60.7 Å². The van der Waals surface area contributed by atoms with Gasteiger partial charge < -0.3 is 19.4 Å². The lowest BCUT2D eigenvalue weighted by Crippen LogP contribution is -2.40. The Morgan fingerprint density at radius 3 is 1.47 bits per heavy atom. The van der Waals surface area contributed by atoms with Gasteiger partial charge in [0.2, 0.25) is 0 Å². The van der Waals surface area contributed by atoms with Gasteiger partial charge in [0.05, 0.1) is 0 Å². The van der Waals surface area contributed by atoms with Crippen LogP contribution in [0, 0.1) is 0 Å². The van der Waals surface area contributed by atoms with Crippen molar-refractivity contribution in [3.63, 3.8) is 0 Å². The number of thiol groups is 2. The molecule has 2 aromatic rings. The van der Waals surface area contributed by atoms with Crippen LogP contribution in [0.3, 0.4) is 0 Å². The van der Waals surface area contributed by atoms with Crippen molar-refractivity contribution in [1.29, 1.82) is 0 Å². The molecular formula is C27H41N3O2S2. The average Bonchev–Trinajstić information content (AvgIpc) is 2.81. The first-order valence-corrected chi connectivity index (χ1v) is 13.4. The molecule has 2 aromatic carbocycles. The van der Waals surface area contributed by atoms with Crippen LogP contribution in [0.15, 0.2) is 60.7 Å². The summed E-state index contributed by atoms with van der Waals surface area (Å²) in [6.07, 6.45) is 1.48. The first-order valence-electron chi connectivity index (χ1n) is 12.1. The van der Waals surface area contributed by atoms with Crippen molar-refractivity contribution in [1.82, 2.24) is 4.90 Å². The molecule has 0 atom stereocenters. The maximum Gasteiger partial charge on any atom is 0.410 e. The van der Waals surface area contributed by atoms with E-state index in [0.717, 1.165) is 50.5 Å². The minimum atomic E-state index is -0.514. The van der Waals surface area contributed by atoms with Gasteiger partial charge in [0, 0.05) is 62.1 Å². The molecular weight excluding hydrogens is 462 g/mol. The highest BCUT2D eigenvalue weighted by Gasteiger charge is 2.22. The van der Waals surface area contributed by atoms with Gasteiger partial charge in [-0.05, 0) is 57.9 Å². The van der Waals surface area contributed by atoms with Crippen LogP contribution in [0.4, 0.5) is 16.2 Å². The van der Waals surface area contributed by atoms with E-state index in [1.54, 1.807) is 0 Å². The highest BCUT2D eigenvalue weighted by molar-refractivity contribution is 7.80. The van der Waals surface area contributed by atoms with E-state index < -0.39 is 5.60 Å². The largest absolute Gasteiger partial charge is 0.444 e. The Morgan fingerprint density at radius 2 is 1.12 bits per heavy atom. The van der Waals surface area contributed by atoms with E-state index in [2.05, 4.69) is 83.6 Å². The Morgan fingerprint density at radius 1 is 0.706 bits per heavy atom. The molecule has 0 fully saturated rings. The van der Waals surface area contributed by atoms with Gasteiger partial charge in [-0.25, -0.2) is 4.79 Å². The zero-order chi connectivity index (χ0) is 24.8. The fraction of sp³-hybridized carbons (Fsp3) is 0.519. The minimum Gasteiger partial charge on any atom is -0.444 e. The van der Waals surface area contributed by atoms with E-state index in [0.29, 0.717) is 13.1 Å². The third kappa shape index (κ3) is 10.5. The molecule has 0 heterocycles. The molecule has 0 N–H and O–H groups in total. The highest BCUT2D eigenvalue weighted by atomic mass is 32.1. The smallest absolute Gasteiger partial charge is 0.410 e. The number of carbonyl (C=O) groups is 1. The molecule has 0 aromatic heterocycles. The SMILES string of the molecule is CC(C)(C)OC(=O)N(CCCN(CCS)c1ccccc1)CCCN(CCS)c1ccccc1. The Balaban J connectivity index is 1.97. The van der Waals surface area contributed by atoms with Crippen LogP contribution in [0.25, 0.3) is 0 Å². The van der Waals surface area contributed by atoms with Crippen molar-refractivity contribution < 1.29 is 9.53 Å². The third-order valence-electron chi connectivity index (χ3n) is 5.35. The van der Waals surface area contributed by atoms with Crippen molar-refractivity contribution in [2.45, 2.75) is 39.2 Å². The van der Waals surface area contributed by atoms with Crippen molar-refractivity contribution >= 4 is 42.7 Å². The number of para-hydroxylation sites is 2. The van der Waals surface area contributed by atoms with E-state index in [9.17, 15) is 4.79 Å². The normalized spacial score (nSPS) is 11.2. The lowest BCUT2D eigenvalue weighted by molar-refractivity contribution is 0.0247. The van der Waals surface area contributed by atoms with E-state index in [1.807, 2.05) is 37.8 Å². The van der Waals surface area contributed by atoms with E-state index in [4.69, 9.17) is 4.74 Å². The molecule has 0 aliphatic rings. The maximum absolute atomic E-state index is 13.0. The molecule has 0 saturated carbocycles. The van der Waals surface area contributed by atoms with Crippen molar-refractivity contribution in [2.24, 2.45) is 0 Å². The average molecular weight is 504 g/mol. The quantitative estimate of drug-likeness (QED) is 0.316. The van der Waals surface area contributed by atoms with Crippen LogP contribution in [0.5, 0.6) is 0 Å². The molecule has 0 radical (unpaired) electrons. The molecule has 0 saturated heterocycles. The van der Waals surface area contributed by atoms with E-state index >= 15 is 0 Å². The van der Waals surface area contributed by atoms with Crippen LogP contribution in [-0.4, -0.2) is 67.4 Å². The fourth-order valence-electron chi connectivity index (χ4n) is 3.78. The molecule has 34 heavy (non-hydrogen) atoms. The van der Waals surface area contributed by atoms with Crippen molar-refractivity contribution in [2.75, 3.05) is 60.6 Å². The zero-order valence-corrected chi connectivity index (χ0v) is 22.7. The Labute approximate surface area is 217 Å². The molecule has 188 valence electrons. The summed E-state index contributed by atoms with van der Waals surface area (Å²) < 4.78 is 5.71. The van der Waals surface area contributed by atoms with Gasteiger partial charge in [-0.3, -0.25) is 0 Å². The first kappa shape index (κ1) is 28.2. The number of anilines is 2. The number of rotatable bonds is 14. The summed E-state index contributed by atoms with van der Waals surface area (Å²) in [4.78, 5) is 19.5. The molecule has 2 rings (SSSR count). The molecule has 0 bridgehead atoms. The summed E-state index contributed by atoms with van der Waals surface area (Å²) in [5.74, 6) is 1.57. The van der Waals surface area contributed by atoms with Gasteiger partial charge in [0.25, 0.3) is 0 Å². The molecule has 0 unspecified atom stereocenters. The number of carbonyl (C=O) groups excluding carboxylic acids is 1. The molecule has 5 nitrogen and oxygen atoms in total. The van der Waals surface area contributed by atoms with Gasteiger partial charge in [-0.15, -0.1) is 0 Å². The Hall–Kier alpha value is -1.99. The molecule has 1 amide bonds. The standard InChI is InChI=1S/C27H41N3O2S2/c1-27(2,3)32-26(31)30(18-10-16-28(20-22-33)24-12-6-4-7-13-24)19-11-17-29(21-23-34)25-14-8-5-9-15-25/h4-9,12-15,33-34H,10-11,16-23H2,1-3H3. The van der Waals surface area contributed by atoms with Crippen molar-refractivity contribution in [3.8, 4) is 0 Å². The lowest BCUT2D eigenvalue weighted by atomic mass is 10.2. The summed E-state index contributed by atoms with van der Waals surface area (Å²) >= 11 is 8.86. The number of benzene rings is 2. The van der Waals surface area contributed by atoms with Crippen LogP contribution in [-0.2, 0) is 4.74 Å². The first-order chi connectivity index (χ1) is 16.3. The topological polar surface area (TPSA) is 36.0 Å². The number of nitrogens with zero attached hydrogens (tertiary/aromatic N) is 3. The predicted octanol–water partition coefficient (Wildman–Crippen LogP) is 5.88. The second kappa shape index (κ2) is 15.1. The predicted molar refractivity (Wildman–Crippen MR) is 152 cm³/mol. The molecule has 0 aliphatic carbocycles. The van der Waals surface area contributed by atoms with Gasteiger partial charge >= 0.3 is 6.09 Å². The third-order valence-corrected chi connectivity index (χ3v) is 5.75. The number of ether oxygens (including phenoxy) is 1. The maximum atomic E-state index is 13.0. The van der Waals surface area contributed by atoms with Gasteiger partial charge in [0.15, 0.2) is 0 Å². The monoisotopic (exact) mass is 503 g/mol. The fourth-order valence-corrected chi connectivity index (χ4v) is 4.27. The molecule has 0 aliphatic heterocycles. The second-order valence-corrected chi connectivity index (χ2v) is 10.2. The van der Waals surface area contributed by atoms with Gasteiger partial charge in [0.1, 0.15) is 5.60 Å². The van der Waals surface area contributed by atoms with E-state index in [1.165, 1.54) is 11.4 Å². The lowest BCUT2D eigenvalue weighted by Gasteiger charge is -2.30. The van der Waals surface area contributed by atoms with Crippen LogP contribution in [0.2, 0.25) is 0 Å². The highest BCUT2D eigenvalue weighted by Crippen LogP contribution is 2.16. The summed E-state index contributed by atoms with van der Waals surface area (Å²) in [5.41, 5.74) is 1.86. The van der Waals surface area contributed by atoms with Gasteiger partial charge in [-0.2, -0.15) is 25.3 Å². The number of hydrogen-bond acceptors (Lipinski definition) is 6. The summed E-state index contributed by atoms with van der Waals surface area (Å²) in [5, 5.41) is 0. The van der Waals surface area contributed by atoms with Crippen LogP contribution >= 0.6 is 25.3 Å². The number of amides is 1. The van der Waals surface area contributed by atoms with Gasteiger partial charge in [-0.1, -0.05) is 36.4 Å².